The number of nitrogens with zero attached hydrogens (tertiary/aromatic N) is 1. The number of carbonyl (C=O) groups is 1. The van der Waals surface area contributed by atoms with Gasteiger partial charge in [0.1, 0.15) is 0 Å². The highest BCUT2D eigenvalue weighted by atomic mass is 35.5. The average Bonchev–Trinajstić information content (AvgIpc) is 2.25. The van der Waals surface area contributed by atoms with Crippen molar-refractivity contribution in [2.24, 2.45) is 5.41 Å². The van der Waals surface area contributed by atoms with Crippen LogP contribution in [0, 0.1) is 5.41 Å². The van der Waals surface area contributed by atoms with E-state index in [4.69, 9.17) is 11.6 Å². The minimum atomic E-state index is 0.136. The number of carbonyl (C=O) groups excluding carboxylic acids is 1. The standard InChI is InChI=1S/C14H20ClNO/c1-10(14(2,3)4)16(5)13-8-6-7-12(15)11(13)9-17/h6-10H,1-5H3. The highest BCUT2D eigenvalue weighted by Gasteiger charge is 2.25. The molecule has 0 saturated carbocycles. The van der Waals surface area contributed by atoms with Gasteiger partial charge in [-0.15, -0.1) is 0 Å². The molecule has 0 aliphatic rings. The maximum absolute atomic E-state index is 11.1. The van der Waals surface area contributed by atoms with Gasteiger partial charge in [0.25, 0.3) is 0 Å². The summed E-state index contributed by atoms with van der Waals surface area (Å²) in [7, 11) is 1.99. The Balaban J connectivity index is 3.17. The number of rotatable bonds is 3. The van der Waals surface area contributed by atoms with Crippen molar-refractivity contribution in [2.45, 2.75) is 33.7 Å². The number of halogens is 1. The van der Waals surface area contributed by atoms with E-state index in [0.717, 1.165) is 12.0 Å². The summed E-state index contributed by atoms with van der Waals surface area (Å²) < 4.78 is 0. The minimum absolute atomic E-state index is 0.136. The molecule has 0 aliphatic heterocycles. The summed E-state index contributed by atoms with van der Waals surface area (Å²) in [6, 6.07) is 5.85. The molecule has 0 bridgehead atoms. The van der Waals surface area contributed by atoms with Crippen LogP contribution >= 0.6 is 11.6 Å². The van der Waals surface area contributed by atoms with Crippen LogP contribution in [0.1, 0.15) is 38.1 Å². The fourth-order valence-electron chi connectivity index (χ4n) is 1.74. The number of benzene rings is 1. The van der Waals surface area contributed by atoms with Gasteiger partial charge < -0.3 is 4.90 Å². The second-order valence-electron chi connectivity index (χ2n) is 5.44. The van der Waals surface area contributed by atoms with E-state index in [1.807, 2.05) is 19.2 Å². The summed E-state index contributed by atoms with van der Waals surface area (Å²) in [5.74, 6) is 0. The Bertz CT molecular complexity index is 409. The second kappa shape index (κ2) is 5.09. The zero-order valence-electron chi connectivity index (χ0n) is 11.1. The van der Waals surface area contributed by atoms with Gasteiger partial charge in [0.05, 0.1) is 10.6 Å². The molecule has 17 heavy (non-hydrogen) atoms. The number of hydrogen-bond donors (Lipinski definition) is 0. The van der Waals surface area contributed by atoms with Gasteiger partial charge in [-0.05, 0) is 24.5 Å². The van der Waals surface area contributed by atoms with E-state index in [1.54, 1.807) is 6.07 Å². The smallest absolute Gasteiger partial charge is 0.153 e. The van der Waals surface area contributed by atoms with E-state index < -0.39 is 0 Å². The van der Waals surface area contributed by atoms with Gasteiger partial charge in [-0.1, -0.05) is 38.4 Å². The lowest BCUT2D eigenvalue weighted by molar-refractivity contribution is 0.112. The lowest BCUT2D eigenvalue weighted by atomic mass is 9.86. The Morgan fingerprint density at radius 2 is 1.94 bits per heavy atom. The summed E-state index contributed by atoms with van der Waals surface area (Å²) >= 11 is 6.03. The van der Waals surface area contributed by atoms with Crippen molar-refractivity contribution in [3.63, 3.8) is 0 Å². The molecule has 1 aromatic carbocycles. The zero-order chi connectivity index (χ0) is 13.2. The van der Waals surface area contributed by atoms with Crippen LogP contribution in [0.25, 0.3) is 0 Å². The molecule has 1 atom stereocenters. The van der Waals surface area contributed by atoms with Gasteiger partial charge in [0, 0.05) is 18.8 Å². The molecule has 0 heterocycles. The summed E-state index contributed by atoms with van der Waals surface area (Å²) in [6.45, 7) is 8.69. The predicted molar refractivity (Wildman–Crippen MR) is 74.2 cm³/mol. The normalized spacial score (nSPS) is 13.3. The van der Waals surface area contributed by atoms with E-state index in [0.29, 0.717) is 16.6 Å². The van der Waals surface area contributed by atoms with Crippen LogP contribution in [-0.4, -0.2) is 19.4 Å². The minimum Gasteiger partial charge on any atom is -0.371 e. The molecule has 1 rings (SSSR count). The SMILES string of the molecule is CC(N(C)c1cccc(Cl)c1C=O)C(C)(C)C. The molecular formula is C14H20ClNO. The largest absolute Gasteiger partial charge is 0.371 e. The fourth-order valence-corrected chi connectivity index (χ4v) is 1.95. The highest BCUT2D eigenvalue weighted by molar-refractivity contribution is 6.33. The predicted octanol–water partition coefficient (Wildman–Crippen LogP) is 4.02. The van der Waals surface area contributed by atoms with Crippen LogP contribution in [0.5, 0.6) is 0 Å². The highest BCUT2D eigenvalue weighted by Crippen LogP contribution is 2.31. The molecule has 3 heteroatoms. The van der Waals surface area contributed by atoms with Crippen molar-refractivity contribution < 1.29 is 4.79 Å². The first kappa shape index (κ1) is 14.0. The Hall–Kier alpha value is -1.02. The van der Waals surface area contributed by atoms with Crippen molar-refractivity contribution in [1.82, 2.24) is 0 Å². The summed E-state index contributed by atoms with van der Waals surface area (Å²) in [5.41, 5.74) is 1.58. The van der Waals surface area contributed by atoms with Crippen LogP contribution in [-0.2, 0) is 0 Å². The van der Waals surface area contributed by atoms with Crippen LogP contribution in [0.2, 0.25) is 5.02 Å². The van der Waals surface area contributed by atoms with Crippen LogP contribution < -0.4 is 4.90 Å². The second-order valence-corrected chi connectivity index (χ2v) is 5.85. The Morgan fingerprint density at radius 1 is 1.35 bits per heavy atom. The molecule has 0 spiro atoms. The van der Waals surface area contributed by atoms with Crippen LogP contribution in [0.3, 0.4) is 0 Å². The van der Waals surface area contributed by atoms with Crippen molar-refractivity contribution in [3.8, 4) is 0 Å². The van der Waals surface area contributed by atoms with Crippen molar-refractivity contribution in [3.05, 3.63) is 28.8 Å². The zero-order valence-corrected chi connectivity index (χ0v) is 11.9. The number of aldehydes is 1. The van der Waals surface area contributed by atoms with E-state index in [9.17, 15) is 4.79 Å². The number of hydrogen-bond acceptors (Lipinski definition) is 2. The maximum Gasteiger partial charge on any atom is 0.153 e. The van der Waals surface area contributed by atoms with Gasteiger partial charge in [0.2, 0.25) is 0 Å². The molecule has 94 valence electrons. The first-order valence-electron chi connectivity index (χ1n) is 5.75. The topological polar surface area (TPSA) is 20.3 Å². The lowest BCUT2D eigenvalue weighted by Gasteiger charge is -2.37. The summed E-state index contributed by atoms with van der Waals surface area (Å²) in [6.07, 6.45) is 0.823. The van der Waals surface area contributed by atoms with Gasteiger partial charge in [-0.25, -0.2) is 0 Å². The molecule has 0 saturated heterocycles. The van der Waals surface area contributed by atoms with E-state index in [2.05, 4.69) is 32.6 Å². The molecule has 0 aliphatic carbocycles. The van der Waals surface area contributed by atoms with Crippen molar-refractivity contribution in [1.29, 1.82) is 0 Å². The first-order valence-corrected chi connectivity index (χ1v) is 6.13. The van der Waals surface area contributed by atoms with Crippen LogP contribution in [0.4, 0.5) is 5.69 Å². The average molecular weight is 254 g/mol. The van der Waals surface area contributed by atoms with Gasteiger partial charge in [0.15, 0.2) is 6.29 Å². The third kappa shape index (κ3) is 3.01. The Labute approximate surface area is 109 Å². The Morgan fingerprint density at radius 3 is 2.41 bits per heavy atom. The molecule has 0 radical (unpaired) electrons. The summed E-state index contributed by atoms with van der Waals surface area (Å²) in [5, 5.41) is 0.505. The van der Waals surface area contributed by atoms with Crippen molar-refractivity contribution in [2.75, 3.05) is 11.9 Å². The Kier molecular flexibility index (Phi) is 4.21. The van der Waals surface area contributed by atoms with Gasteiger partial charge in [-0.3, -0.25) is 4.79 Å². The van der Waals surface area contributed by atoms with E-state index in [-0.39, 0.29) is 5.41 Å². The molecule has 0 aromatic heterocycles. The van der Waals surface area contributed by atoms with Crippen LogP contribution in [0.15, 0.2) is 18.2 Å². The fraction of sp³-hybridized carbons (Fsp3) is 0.500. The van der Waals surface area contributed by atoms with Crippen molar-refractivity contribution >= 4 is 23.6 Å². The number of anilines is 1. The molecule has 1 aromatic rings. The monoisotopic (exact) mass is 253 g/mol. The molecule has 0 fully saturated rings. The maximum atomic E-state index is 11.1. The third-order valence-corrected chi connectivity index (χ3v) is 3.69. The van der Waals surface area contributed by atoms with Gasteiger partial charge >= 0.3 is 0 Å². The van der Waals surface area contributed by atoms with Gasteiger partial charge in [-0.2, -0.15) is 0 Å². The molecule has 0 N–H and O–H groups in total. The third-order valence-electron chi connectivity index (χ3n) is 3.36. The summed E-state index contributed by atoms with van der Waals surface area (Å²) in [4.78, 5) is 13.2. The molecular weight excluding hydrogens is 234 g/mol. The van der Waals surface area contributed by atoms with E-state index >= 15 is 0 Å². The molecule has 0 amide bonds. The van der Waals surface area contributed by atoms with E-state index in [1.165, 1.54) is 0 Å². The molecule has 2 nitrogen and oxygen atoms in total. The first-order chi connectivity index (χ1) is 7.79. The quantitative estimate of drug-likeness (QED) is 0.759. The lowest BCUT2D eigenvalue weighted by Crippen LogP contribution is -2.39. The molecule has 1 unspecified atom stereocenters.